The van der Waals surface area contributed by atoms with Crippen LogP contribution in [0, 0.1) is 11.3 Å². The molecule has 4 heteroatoms. The SMILES string of the molecule is COCCN(C(=O)C12CC1C2)C1CCOCC1. The van der Waals surface area contributed by atoms with Crippen LogP contribution in [0.4, 0.5) is 0 Å². The smallest absolute Gasteiger partial charge is 0.229 e. The topological polar surface area (TPSA) is 38.8 Å². The van der Waals surface area contributed by atoms with Gasteiger partial charge in [0.2, 0.25) is 5.91 Å². The number of methoxy groups -OCH3 is 1. The molecule has 3 rings (SSSR count). The molecule has 0 bridgehead atoms. The summed E-state index contributed by atoms with van der Waals surface area (Å²) in [5.74, 6) is 1.12. The molecule has 0 unspecified atom stereocenters. The fourth-order valence-corrected chi connectivity index (χ4v) is 2.97. The summed E-state index contributed by atoms with van der Waals surface area (Å²) in [5.41, 5.74) is 0.0893. The summed E-state index contributed by atoms with van der Waals surface area (Å²) in [4.78, 5) is 14.6. The Morgan fingerprint density at radius 1 is 1.41 bits per heavy atom. The highest BCUT2D eigenvalue weighted by Gasteiger charge is 2.75. The van der Waals surface area contributed by atoms with E-state index in [1.165, 1.54) is 0 Å². The van der Waals surface area contributed by atoms with Crippen molar-refractivity contribution < 1.29 is 14.3 Å². The second kappa shape index (κ2) is 4.25. The van der Waals surface area contributed by atoms with Crippen LogP contribution in [0.5, 0.6) is 0 Å². The molecule has 3 fully saturated rings. The largest absolute Gasteiger partial charge is 0.383 e. The molecular formula is C13H21NO3. The highest BCUT2D eigenvalue weighted by atomic mass is 16.5. The predicted molar refractivity (Wildman–Crippen MR) is 62.6 cm³/mol. The molecule has 1 saturated heterocycles. The van der Waals surface area contributed by atoms with E-state index in [0.717, 1.165) is 51.4 Å². The van der Waals surface area contributed by atoms with Gasteiger partial charge < -0.3 is 14.4 Å². The third-order valence-electron chi connectivity index (χ3n) is 4.54. The van der Waals surface area contributed by atoms with Crippen molar-refractivity contribution in [3.05, 3.63) is 0 Å². The van der Waals surface area contributed by atoms with Crippen molar-refractivity contribution in [1.82, 2.24) is 4.90 Å². The number of carbonyl (C=O) groups excluding carboxylic acids is 1. The summed E-state index contributed by atoms with van der Waals surface area (Å²) in [5, 5.41) is 0. The molecule has 0 aromatic heterocycles. The van der Waals surface area contributed by atoms with E-state index in [0.29, 0.717) is 18.6 Å². The zero-order valence-electron chi connectivity index (χ0n) is 10.5. The molecule has 0 spiro atoms. The molecule has 3 aliphatic rings. The fourth-order valence-electron chi connectivity index (χ4n) is 2.97. The van der Waals surface area contributed by atoms with E-state index in [9.17, 15) is 4.79 Å². The first-order valence-electron chi connectivity index (χ1n) is 6.66. The van der Waals surface area contributed by atoms with Gasteiger partial charge in [-0.05, 0) is 31.6 Å². The molecule has 96 valence electrons. The molecule has 0 aromatic rings. The van der Waals surface area contributed by atoms with Crippen LogP contribution < -0.4 is 0 Å². The van der Waals surface area contributed by atoms with Gasteiger partial charge >= 0.3 is 0 Å². The van der Waals surface area contributed by atoms with Gasteiger partial charge in [0, 0.05) is 32.9 Å². The number of hydrogen-bond acceptors (Lipinski definition) is 3. The van der Waals surface area contributed by atoms with Crippen molar-refractivity contribution in [2.75, 3.05) is 33.5 Å². The van der Waals surface area contributed by atoms with Crippen molar-refractivity contribution in [2.45, 2.75) is 31.7 Å². The van der Waals surface area contributed by atoms with E-state index in [-0.39, 0.29) is 5.41 Å². The lowest BCUT2D eigenvalue weighted by Gasteiger charge is -2.35. The molecule has 4 nitrogen and oxygen atoms in total. The van der Waals surface area contributed by atoms with Crippen LogP contribution in [0.3, 0.4) is 0 Å². The van der Waals surface area contributed by atoms with Gasteiger partial charge in [-0.15, -0.1) is 0 Å². The number of amides is 1. The van der Waals surface area contributed by atoms with Crippen LogP contribution in [0.2, 0.25) is 0 Å². The average molecular weight is 239 g/mol. The standard InChI is InChI=1S/C13H21NO3/c1-16-7-4-14(11-2-5-17-6-3-11)12(15)13-8-10(13)9-13/h10-11H,2-9H2,1H3. The highest BCUT2D eigenvalue weighted by molar-refractivity contribution is 5.90. The Kier molecular flexibility index (Phi) is 2.87. The summed E-state index contributed by atoms with van der Waals surface area (Å²) in [6.45, 7) is 2.97. The number of ether oxygens (including phenoxy) is 2. The van der Waals surface area contributed by atoms with E-state index in [1.54, 1.807) is 7.11 Å². The minimum Gasteiger partial charge on any atom is -0.383 e. The second-order valence-corrected chi connectivity index (χ2v) is 5.60. The summed E-state index contributed by atoms with van der Waals surface area (Å²) in [7, 11) is 1.70. The minimum atomic E-state index is 0.0893. The Hall–Kier alpha value is -0.610. The maximum absolute atomic E-state index is 12.5. The molecular weight excluding hydrogens is 218 g/mol. The minimum absolute atomic E-state index is 0.0893. The Morgan fingerprint density at radius 2 is 2.06 bits per heavy atom. The van der Waals surface area contributed by atoms with Crippen molar-refractivity contribution in [1.29, 1.82) is 0 Å². The molecule has 2 aliphatic carbocycles. The Bertz CT molecular complexity index is 306. The molecule has 1 aliphatic heterocycles. The van der Waals surface area contributed by atoms with Crippen molar-refractivity contribution in [3.63, 3.8) is 0 Å². The summed E-state index contributed by atoms with van der Waals surface area (Å²) >= 11 is 0. The zero-order valence-corrected chi connectivity index (χ0v) is 10.5. The normalized spacial score (nSPS) is 35.2. The van der Waals surface area contributed by atoms with Gasteiger partial charge in [0.05, 0.1) is 12.0 Å². The first-order chi connectivity index (χ1) is 8.28. The van der Waals surface area contributed by atoms with Crippen LogP contribution in [0.15, 0.2) is 0 Å². The van der Waals surface area contributed by atoms with Gasteiger partial charge in [0.15, 0.2) is 0 Å². The maximum atomic E-state index is 12.5. The van der Waals surface area contributed by atoms with E-state index in [1.807, 2.05) is 0 Å². The molecule has 0 radical (unpaired) electrons. The Balaban J connectivity index is 1.64. The fraction of sp³-hybridized carbons (Fsp3) is 0.923. The van der Waals surface area contributed by atoms with Gasteiger partial charge in [-0.2, -0.15) is 0 Å². The van der Waals surface area contributed by atoms with Crippen molar-refractivity contribution >= 4 is 5.91 Å². The van der Waals surface area contributed by atoms with E-state index in [2.05, 4.69) is 4.90 Å². The maximum Gasteiger partial charge on any atom is 0.229 e. The molecule has 0 N–H and O–H groups in total. The van der Waals surface area contributed by atoms with Crippen LogP contribution in [-0.4, -0.2) is 50.3 Å². The average Bonchev–Trinajstić information content (AvgIpc) is 3.19. The molecule has 2 saturated carbocycles. The molecule has 0 aromatic carbocycles. The quantitative estimate of drug-likeness (QED) is 0.720. The molecule has 1 amide bonds. The third kappa shape index (κ3) is 1.97. The van der Waals surface area contributed by atoms with Gasteiger partial charge in [-0.25, -0.2) is 0 Å². The molecule has 0 atom stereocenters. The van der Waals surface area contributed by atoms with Crippen molar-refractivity contribution in [3.8, 4) is 0 Å². The van der Waals surface area contributed by atoms with Gasteiger partial charge in [-0.3, -0.25) is 4.79 Å². The number of fused-ring (bicyclic) bond motifs is 1. The summed E-state index contributed by atoms with van der Waals surface area (Å²) in [6.07, 6.45) is 4.24. The Morgan fingerprint density at radius 3 is 2.59 bits per heavy atom. The van der Waals surface area contributed by atoms with Crippen molar-refractivity contribution in [2.24, 2.45) is 11.3 Å². The van der Waals surface area contributed by atoms with Gasteiger partial charge in [0.25, 0.3) is 0 Å². The lowest BCUT2D eigenvalue weighted by atomic mass is 10.0. The first-order valence-corrected chi connectivity index (χ1v) is 6.66. The lowest BCUT2D eigenvalue weighted by molar-refractivity contribution is -0.139. The summed E-state index contributed by atoms with van der Waals surface area (Å²) < 4.78 is 10.5. The number of carbonyl (C=O) groups is 1. The van der Waals surface area contributed by atoms with Crippen LogP contribution in [-0.2, 0) is 14.3 Å². The number of hydrogen-bond donors (Lipinski definition) is 0. The lowest BCUT2D eigenvalue weighted by Crippen LogP contribution is -2.46. The third-order valence-corrected chi connectivity index (χ3v) is 4.54. The van der Waals surface area contributed by atoms with E-state index in [4.69, 9.17) is 9.47 Å². The van der Waals surface area contributed by atoms with E-state index < -0.39 is 0 Å². The monoisotopic (exact) mass is 239 g/mol. The second-order valence-electron chi connectivity index (χ2n) is 5.60. The summed E-state index contributed by atoms with van der Waals surface area (Å²) in [6, 6.07) is 0.377. The van der Waals surface area contributed by atoms with Gasteiger partial charge in [0.1, 0.15) is 0 Å². The number of rotatable bonds is 5. The number of nitrogens with zero attached hydrogens (tertiary/aromatic N) is 1. The predicted octanol–water partition coefficient (Wildman–Crippen LogP) is 1.05. The molecule has 17 heavy (non-hydrogen) atoms. The van der Waals surface area contributed by atoms with Crippen LogP contribution in [0.1, 0.15) is 25.7 Å². The first kappa shape index (κ1) is 11.5. The van der Waals surface area contributed by atoms with Gasteiger partial charge in [-0.1, -0.05) is 0 Å². The highest BCUT2D eigenvalue weighted by Crippen LogP contribution is 2.76. The zero-order chi connectivity index (χ0) is 11.9. The van der Waals surface area contributed by atoms with Crippen LogP contribution >= 0.6 is 0 Å². The van der Waals surface area contributed by atoms with Crippen LogP contribution in [0.25, 0.3) is 0 Å². The Labute approximate surface area is 102 Å². The van der Waals surface area contributed by atoms with E-state index >= 15 is 0 Å². The molecule has 1 heterocycles.